The summed E-state index contributed by atoms with van der Waals surface area (Å²) < 4.78 is 4.91. The first-order valence-electron chi connectivity index (χ1n) is 7.56. The highest BCUT2D eigenvalue weighted by Gasteiger charge is 2.20. The van der Waals surface area contributed by atoms with Gasteiger partial charge >= 0.3 is 5.97 Å². The van der Waals surface area contributed by atoms with Crippen molar-refractivity contribution in [3.63, 3.8) is 0 Å². The minimum atomic E-state index is -0.686. The Morgan fingerprint density at radius 3 is 2.78 bits per heavy atom. The topological polar surface area (TPSA) is 96.9 Å². The second-order valence-electron chi connectivity index (χ2n) is 5.55. The Kier molecular flexibility index (Phi) is 4.36. The van der Waals surface area contributed by atoms with E-state index in [-0.39, 0.29) is 31.1 Å². The number of carbonyl (C=O) groups excluding carboxylic acids is 3. The number of fused-ring (bicyclic) bond motifs is 1. The van der Waals surface area contributed by atoms with Crippen LogP contribution in [0.25, 0.3) is 0 Å². The quantitative estimate of drug-likeness (QED) is 0.808. The van der Waals surface area contributed by atoms with Crippen LogP contribution in [0.15, 0.2) is 23.3 Å². The molecule has 23 heavy (non-hydrogen) atoms. The third-order valence-corrected chi connectivity index (χ3v) is 3.86. The van der Waals surface area contributed by atoms with Crippen molar-refractivity contribution >= 4 is 29.2 Å². The number of hydrogen-bond donors (Lipinski definition) is 2. The Morgan fingerprint density at radius 2 is 2.00 bits per heavy atom. The van der Waals surface area contributed by atoms with Crippen molar-refractivity contribution in [3.8, 4) is 0 Å². The molecule has 0 atom stereocenters. The van der Waals surface area contributed by atoms with Gasteiger partial charge in [0.1, 0.15) is 5.71 Å². The van der Waals surface area contributed by atoms with E-state index in [4.69, 9.17) is 4.74 Å². The SMILES string of the molecule is O=C1CCC(C(=O)OCC(=O)Nc2ccc3c(c2)CCC3)=NN1. The smallest absolute Gasteiger partial charge is 0.355 e. The molecule has 0 aromatic heterocycles. The zero-order valence-electron chi connectivity index (χ0n) is 12.6. The molecule has 2 aliphatic rings. The van der Waals surface area contributed by atoms with Crippen molar-refractivity contribution in [2.45, 2.75) is 32.1 Å². The molecule has 3 rings (SSSR count). The zero-order valence-corrected chi connectivity index (χ0v) is 12.6. The molecule has 1 aromatic rings. The minimum Gasteiger partial charge on any atom is -0.451 e. The first kappa shape index (κ1) is 15.2. The Hall–Kier alpha value is -2.70. The van der Waals surface area contributed by atoms with E-state index in [9.17, 15) is 14.4 Å². The summed E-state index contributed by atoms with van der Waals surface area (Å²) in [6.07, 6.45) is 3.66. The molecule has 0 spiro atoms. The highest BCUT2D eigenvalue weighted by molar-refractivity contribution is 6.37. The lowest BCUT2D eigenvalue weighted by Crippen LogP contribution is -2.32. The van der Waals surface area contributed by atoms with E-state index in [0.717, 1.165) is 19.3 Å². The fraction of sp³-hybridized carbons (Fsp3) is 0.375. The fourth-order valence-corrected chi connectivity index (χ4v) is 2.68. The van der Waals surface area contributed by atoms with Gasteiger partial charge in [0.2, 0.25) is 5.91 Å². The summed E-state index contributed by atoms with van der Waals surface area (Å²) >= 11 is 0. The molecule has 7 heteroatoms. The number of carbonyl (C=O) groups is 3. The van der Waals surface area contributed by atoms with Crippen LogP contribution in [0.4, 0.5) is 5.69 Å². The average Bonchev–Trinajstić information content (AvgIpc) is 3.01. The number of hydrogen-bond acceptors (Lipinski definition) is 5. The second kappa shape index (κ2) is 6.60. The van der Waals surface area contributed by atoms with Crippen LogP contribution in [0.1, 0.15) is 30.4 Å². The molecule has 1 aromatic carbocycles. The van der Waals surface area contributed by atoms with Crippen LogP contribution < -0.4 is 10.7 Å². The number of nitrogens with one attached hydrogen (secondary N) is 2. The van der Waals surface area contributed by atoms with Crippen LogP contribution in [0.3, 0.4) is 0 Å². The molecule has 0 bridgehead atoms. The van der Waals surface area contributed by atoms with Crippen molar-refractivity contribution in [2.75, 3.05) is 11.9 Å². The molecular weight excluding hydrogens is 298 g/mol. The van der Waals surface area contributed by atoms with Crippen LogP contribution in [0, 0.1) is 0 Å². The predicted molar refractivity (Wildman–Crippen MR) is 82.9 cm³/mol. The number of aryl methyl sites for hydroxylation is 2. The maximum Gasteiger partial charge on any atom is 0.355 e. The minimum absolute atomic E-state index is 0.120. The summed E-state index contributed by atoms with van der Waals surface area (Å²) in [7, 11) is 0. The van der Waals surface area contributed by atoms with Gasteiger partial charge in [0.25, 0.3) is 5.91 Å². The number of anilines is 1. The first-order valence-corrected chi connectivity index (χ1v) is 7.56. The monoisotopic (exact) mass is 315 g/mol. The zero-order chi connectivity index (χ0) is 16.2. The number of benzene rings is 1. The highest BCUT2D eigenvalue weighted by Crippen LogP contribution is 2.24. The van der Waals surface area contributed by atoms with E-state index in [1.165, 1.54) is 11.1 Å². The van der Waals surface area contributed by atoms with Crippen LogP contribution in [0.2, 0.25) is 0 Å². The number of hydrazone groups is 1. The lowest BCUT2D eigenvalue weighted by molar-refractivity contribution is -0.140. The molecule has 0 saturated heterocycles. The average molecular weight is 315 g/mol. The van der Waals surface area contributed by atoms with Crippen molar-refractivity contribution in [1.29, 1.82) is 0 Å². The number of rotatable bonds is 4. The van der Waals surface area contributed by atoms with Gasteiger partial charge < -0.3 is 10.1 Å². The molecule has 1 aliphatic heterocycles. The largest absolute Gasteiger partial charge is 0.451 e. The molecule has 7 nitrogen and oxygen atoms in total. The molecule has 1 aliphatic carbocycles. The molecule has 1 heterocycles. The normalized spacial score (nSPS) is 16.2. The summed E-state index contributed by atoms with van der Waals surface area (Å²) in [6, 6.07) is 5.83. The van der Waals surface area contributed by atoms with E-state index in [2.05, 4.69) is 15.8 Å². The lowest BCUT2D eigenvalue weighted by Gasteiger charge is -2.11. The van der Waals surface area contributed by atoms with Gasteiger partial charge in [0.05, 0.1) is 0 Å². The Balaban J connectivity index is 1.50. The lowest BCUT2D eigenvalue weighted by atomic mass is 10.1. The molecule has 0 saturated carbocycles. The Morgan fingerprint density at radius 1 is 1.17 bits per heavy atom. The standard InChI is InChI=1S/C16H17N3O4/c20-14-7-6-13(18-19-14)16(22)23-9-15(21)17-12-5-4-10-2-1-3-11(10)8-12/h4-5,8H,1-3,6-7,9H2,(H,17,21)(H,19,20). The van der Waals surface area contributed by atoms with Crippen molar-refractivity contribution in [3.05, 3.63) is 29.3 Å². The van der Waals surface area contributed by atoms with E-state index in [1.54, 1.807) is 0 Å². The summed E-state index contributed by atoms with van der Waals surface area (Å²) in [4.78, 5) is 34.5. The summed E-state index contributed by atoms with van der Waals surface area (Å²) in [5.41, 5.74) is 5.62. The number of esters is 1. The molecule has 0 radical (unpaired) electrons. The molecule has 2 N–H and O–H groups in total. The summed E-state index contributed by atoms with van der Waals surface area (Å²) in [5, 5.41) is 6.33. The molecular formula is C16H17N3O4. The predicted octanol–water partition coefficient (Wildman–Crippen LogP) is 0.923. The van der Waals surface area contributed by atoms with Gasteiger partial charge in [-0.2, -0.15) is 5.10 Å². The summed E-state index contributed by atoms with van der Waals surface area (Å²) in [5.74, 6) is -1.33. The van der Waals surface area contributed by atoms with Crippen LogP contribution in [0.5, 0.6) is 0 Å². The van der Waals surface area contributed by atoms with Crippen LogP contribution >= 0.6 is 0 Å². The number of amides is 2. The van der Waals surface area contributed by atoms with Crippen molar-refractivity contribution in [1.82, 2.24) is 5.43 Å². The van der Waals surface area contributed by atoms with Gasteiger partial charge in [-0.3, -0.25) is 9.59 Å². The van der Waals surface area contributed by atoms with E-state index >= 15 is 0 Å². The molecule has 0 unspecified atom stereocenters. The van der Waals surface area contributed by atoms with E-state index in [1.807, 2.05) is 18.2 Å². The third-order valence-electron chi connectivity index (χ3n) is 3.86. The Bertz CT molecular complexity index is 697. The van der Waals surface area contributed by atoms with Crippen molar-refractivity contribution < 1.29 is 19.1 Å². The van der Waals surface area contributed by atoms with Gasteiger partial charge in [0.15, 0.2) is 6.61 Å². The Labute approximate surface area is 133 Å². The molecule has 0 fully saturated rings. The fourth-order valence-electron chi connectivity index (χ4n) is 2.68. The van der Waals surface area contributed by atoms with Gasteiger partial charge in [-0.15, -0.1) is 0 Å². The van der Waals surface area contributed by atoms with Gasteiger partial charge in [-0.05, 0) is 42.5 Å². The van der Waals surface area contributed by atoms with Crippen LogP contribution in [-0.2, 0) is 32.0 Å². The van der Waals surface area contributed by atoms with E-state index in [0.29, 0.717) is 5.69 Å². The molecule has 120 valence electrons. The maximum atomic E-state index is 11.9. The van der Waals surface area contributed by atoms with Gasteiger partial charge in [-0.25, -0.2) is 10.2 Å². The number of nitrogens with zero attached hydrogens (tertiary/aromatic N) is 1. The van der Waals surface area contributed by atoms with Gasteiger partial charge in [-0.1, -0.05) is 6.07 Å². The first-order chi connectivity index (χ1) is 11.1. The van der Waals surface area contributed by atoms with E-state index < -0.39 is 11.9 Å². The third kappa shape index (κ3) is 3.74. The van der Waals surface area contributed by atoms with Gasteiger partial charge in [0, 0.05) is 18.5 Å². The summed E-state index contributed by atoms with van der Waals surface area (Å²) in [6.45, 7) is -0.386. The number of ether oxygens (including phenoxy) is 1. The highest BCUT2D eigenvalue weighted by atomic mass is 16.5. The van der Waals surface area contributed by atoms with Crippen molar-refractivity contribution in [2.24, 2.45) is 5.10 Å². The maximum absolute atomic E-state index is 11.9. The second-order valence-corrected chi connectivity index (χ2v) is 5.55. The molecule has 2 amide bonds. The van der Waals surface area contributed by atoms with Crippen LogP contribution in [-0.4, -0.2) is 30.1 Å².